The molecule has 110 valence electrons. The van der Waals surface area contributed by atoms with E-state index in [4.69, 9.17) is 4.74 Å². The number of nitrogens with zero attached hydrogens (tertiary/aromatic N) is 1. The van der Waals surface area contributed by atoms with Crippen molar-refractivity contribution in [2.75, 3.05) is 26.2 Å². The Kier molecular flexibility index (Phi) is 4.51. The normalized spacial score (nSPS) is 28.5. The van der Waals surface area contributed by atoms with Gasteiger partial charge in [0.1, 0.15) is 6.54 Å². The van der Waals surface area contributed by atoms with Crippen LogP contribution in [0.25, 0.3) is 0 Å². The van der Waals surface area contributed by atoms with Gasteiger partial charge < -0.3 is 14.3 Å². The number of aliphatic hydroxyl groups is 1. The number of ether oxygens (including phenoxy) is 1. The lowest BCUT2D eigenvalue weighted by atomic mass is 9.99. The minimum absolute atomic E-state index is 0.0127. The van der Waals surface area contributed by atoms with Gasteiger partial charge in [-0.05, 0) is 13.3 Å². The minimum atomic E-state index is -1.31. The molecule has 0 amide bonds. The van der Waals surface area contributed by atoms with Crippen LogP contribution in [-0.2, 0) is 9.53 Å². The number of carbonyl (C=O) groups is 1. The van der Waals surface area contributed by atoms with E-state index in [9.17, 15) is 9.90 Å². The zero-order valence-electron chi connectivity index (χ0n) is 12.4. The maximum Gasteiger partial charge on any atom is 0.338 e. The molecule has 2 aliphatic rings. The number of unbranched alkanes of at least 4 members (excludes halogenated alkanes) is 1. The molecule has 1 spiro atoms. The SMILES string of the molecule is CCCCC(C)(O)C(=O)OC1CC[N+]2(CCCC2)C1. The third-order valence-electron chi connectivity index (χ3n) is 4.76. The molecule has 2 rings (SSSR count). The van der Waals surface area contributed by atoms with Crippen LogP contribution in [0.15, 0.2) is 0 Å². The summed E-state index contributed by atoms with van der Waals surface area (Å²) in [6.07, 6.45) is 5.90. The number of rotatable bonds is 5. The Balaban J connectivity index is 1.83. The standard InChI is InChI=1S/C15H28NO3/c1-3-4-8-15(2,18)14(17)19-13-7-11-16(12-13)9-5-6-10-16/h13,18H,3-12H2,1-2H3/q+1. The molecule has 4 heteroatoms. The van der Waals surface area contributed by atoms with Crippen LogP contribution in [0, 0.1) is 0 Å². The third-order valence-corrected chi connectivity index (χ3v) is 4.76. The molecule has 0 aliphatic carbocycles. The Hall–Kier alpha value is -0.610. The Bertz CT molecular complexity index is 321. The maximum atomic E-state index is 12.1. The molecule has 2 unspecified atom stereocenters. The fraction of sp³-hybridized carbons (Fsp3) is 0.933. The molecule has 1 N–H and O–H groups in total. The Morgan fingerprint density at radius 2 is 2.05 bits per heavy atom. The molecule has 2 fully saturated rings. The van der Waals surface area contributed by atoms with Gasteiger partial charge in [0.2, 0.25) is 0 Å². The zero-order chi connectivity index (χ0) is 13.9. The van der Waals surface area contributed by atoms with E-state index in [2.05, 4.69) is 6.92 Å². The van der Waals surface area contributed by atoms with Crippen molar-refractivity contribution in [3.8, 4) is 0 Å². The Labute approximate surface area is 116 Å². The van der Waals surface area contributed by atoms with E-state index >= 15 is 0 Å². The van der Waals surface area contributed by atoms with Crippen molar-refractivity contribution in [3.63, 3.8) is 0 Å². The first-order chi connectivity index (χ1) is 8.97. The van der Waals surface area contributed by atoms with Crippen LogP contribution in [0.4, 0.5) is 0 Å². The molecule has 2 atom stereocenters. The van der Waals surface area contributed by atoms with Gasteiger partial charge >= 0.3 is 5.97 Å². The molecule has 0 saturated carbocycles. The highest BCUT2D eigenvalue weighted by atomic mass is 16.6. The van der Waals surface area contributed by atoms with E-state index in [0.29, 0.717) is 6.42 Å². The highest BCUT2D eigenvalue weighted by Crippen LogP contribution is 2.29. The molecule has 0 aromatic carbocycles. The van der Waals surface area contributed by atoms with Crippen LogP contribution in [0.5, 0.6) is 0 Å². The van der Waals surface area contributed by atoms with Crippen molar-refractivity contribution in [2.24, 2.45) is 0 Å². The second-order valence-corrected chi connectivity index (χ2v) is 6.60. The minimum Gasteiger partial charge on any atom is -0.454 e. The molecular weight excluding hydrogens is 242 g/mol. The van der Waals surface area contributed by atoms with Gasteiger partial charge in [-0.15, -0.1) is 0 Å². The first-order valence-corrected chi connectivity index (χ1v) is 7.76. The predicted molar refractivity (Wildman–Crippen MR) is 73.6 cm³/mol. The average molecular weight is 270 g/mol. The fourth-order valence-corrected chi connectivity index (χ4v) is 3.44. The topological polar surface area (TPSA) is 46.5 Å². The lowest BCUT2D eigenvalue weighted by Crippen LogP contribution is -2.45. The van der Waals surface area contributed by atoms with Gasteiger partial charge in [0.15, 0.2) is 11.7 Å². The second-order valence-electron chi connectivity index (χ2n) is 6.60. The molecular formula is C15H28NO3+. The van der Waals surface area contributed by atoms with Crippen LogP contribution in [0.2, 0.25) is 0 Å². The van der Waals surface area contributed by atoms with E-state index < -0.39 is 11.6 Å². The second kappa shape index (κ2) is 5.80. The van der Waals surface area contributed by atoms with Crippen molar-refractivity contribution in [2.45, 2.75) is 64.1 Å². The molecule has 0 aromatic rings. The average Bonchev–Trinajstić information content (AvgIpc) is 2.98. The summed E-state index contributed by atoms with van der Waals surface area (Å²) in [5.74, 6) is -0.426. The molecule has 4 nitrogen and oxygen atoms in total. The number of hydrogen-bond acceptors (Lipinski definition) is 3. The van der Waals surface area contributed by atoms with Crippen LogP contribution < -0.4 is 0 Å². The summed E-state index contributed by atoms with van der Waals surface area (Å²) >= 11 is 0. The van der Waals surface area contributed by atoms with Gasteiger partial charge in [0, 0.05) is 19.3 Å². The van der Waals surface area contributed by atoms with Crippen molar-refractivity contribution in [1.29, 1.82) is 0 Å². The lowest BCUT2D eigenvalue weighted by molar-refractivity contribution is -0.906. The van der Waals surface area contributed by atoms with Crippen molar-refractivity contribution in [1.82, 2.24) is 0 Å². The van der Waals surface area contributed by atoms with Crippen LogP contribution >= 0.6 is 0 Å². The van der Waals surface area contributed by atoms with Gasteiger partial charge in [-0.3, -0.25) is 0 Å². The smallest absolute Gasteiger partial charge is 0.338 e. The molecule has 2 aliphatic heterocycles. The quantitative estimate of drug-likeness (QED) is 0.612. The molecule has 0 radical (unpaired) electrons. The lowest BCUT2D eigenvalue weighted by Gasteiger charge is -2.29. The monoisotopic (exact) mass is 270 g/mol. The van der Waals surface area contributed by atoms with Crippen molar-refractivity contribution in [3.05, 3.63) is 0 Å². The summed E-state index contributed by atoms with van der Waals surface area (Å²) in [5, 5.41) is 10.2. The Morgan fingerprint density at radius 1 is 1.37 bits per heavy atom. The summed E-state index contributed by atoms with van der Waals surface area (Å²) in [5.41, 5.74) is -1.31. The fourth-order valence-electron chi connectivity index (χ4n) is 3.44. The molecule has 0 bridgehead atoms. The van der Waals surface area contributed by atoms with Gasteiger partial charge in [-0.1, -0.05) is 19.8 Å². The maximum absolute atomic E-state index is 12.1. The first kappa shape index (κ1) is 14.8. The van der Waals surface area contributed by atoms with Crippen molar-refractivity contribution < 1.29 is 19.1 Å². The number of carbonyl (C=O) groups excluding carboxylic acids is 1. The van der Waals surface area contributed by atoms with E-state index in [1.165, 1.54) is 25.9 Å². The number of esters is 1. The predicted octanol–water partition coefficient (Wildman–Crippen LogP) is 1.85. The van der Waals surface area contributed by atoms with E-state index in [0.717, 1.165) is 36.8 Å². The van der Waals surface area contributed by atoms with E-state index in [1.807, 2.05) is 0 Å². The van der Waals surface area contributed by atoms with Crippen LogP contribution in [-0.4, -0.2) is 53.4 Å². The van der Waals surface area contributed by atoms with Gasteiger partial charge in [0.05, 0.1) is 19.6 Å². The first-order valence-electron chi connectivity index (χ1n) is 7.76. The number of hydrogen-bond donors (Lipinski definition) is 1. The van der Waals surface area contributed by atoms with Crippen molar-refractivity contribution >= 4 is 5.97 Å². The summed E-state index contributed by atoms with van der Waals surface area (Å²) in [7, 11) is 0. The summed E-state index contributed by atoms with van der Waals surface area (Å²) < 4.78 is 6.69. The third kappa shape index (κ3) is 3.48. The molecule has 0 aromatic heterocycles. The largest absolute Gasteiger partial charge is 0.454 e. The van der Waals surface area contributed by atoms with Gasteiger partial charge in [-0.2, -0.15) is 0 Å². The van der Waals surface area contributed by atoms with Crippen LogP contribution in [0.1, 0.15) is 52.4 Å². The highest BCUT2D eigenvalue weighted by Gasteiger charge is 2.43. The zero-order valence-corrected chi connectivity index (χ0v) is 12.4. The van der Waals surface area contributed by atoms with Gasteiger partial charge in [-0.25, -0.2) is 4.79 Å². The van der Waals surface area contributed by atoms with Gasteiger partial charge in [0.25, 0.3) is 0 Å². The van der Waals surface area contributed by atoms with E-state index in [1.54, 1.807) is 6.92 Å². The molecule has 2 heterocycles. The Morgan fingerprint density at radius 3 is 2.68 bits per heavy atom. The summed E-state index contributed by atoms with van der Waals surface area (Å²) in [6.45, 7) is 8.20. The molecule has 2 saturated heterocycles. The summed E-state index contributed by atoms with van der Waals surface area (Å²) in [4.78, 5) is 12.1. The van der Waals surface area contributed by atoms with Crippen LogP contribution in [0.3, 0.4) is 0 Å². The number of quaternary nitrogens is 1. The highest BCUT2D eigenvalue weighted by molar-refractivity contribution is 5.78. The molecule has 19 heavy (non-hydrogen) atoms. The summed E-state index contributed by atoms with van der Waals surface area (Å²) in [6, 6.07) is 0. The van der Waals surface area contributed by atoms with E-state index in [-0.39, 0.29) is 6.10 Å².